The molecular weight excluding hydrogens is 404 g/mol. The van der Waals surface area contributed by atoms with E-state index in [2.05, 4.69) is 39.7 Å². The average Bonchev–Trinajstić information content (AvgIpc) is 3.22. The van der Waals surface area contributed by atoms with Crippen LogP contribution in [-0.4, -0.2) is 36.9 Å². The van der Waals surface area contributed by atoms with Crippen molar-refractivity contribution >= 4 is 45.7 Å². The molecule has 0 aliphatic carbocycles. The Bertz CT molecular complexity index is 910. The van der Waals surface area contributed by atoms with Crippen LogP contribution in [0.1, 0.15) is 24.3 Å². The lowest BCUT2D eigenvalue weighted by Gasteiger charge is -2.06. The Balaban J connectivity index is 1.51. The molecule has 0 unspecified atom stereocenters. The SMILES string of the molecule is CC(C)Cn1nnnc1SCC(=O)Nc1ncc(Cc2cccc(Cl)c2)s1. The molecule has 1 N–H and O–H groups in total. The predicted octanol–water partition coefficient (Wildman–Crippen LogP) is 3.76. The average molecular weight is 423 g/mol. The Morgan fingerprint density at radius 2 is 2.26 bits per heavy atom. The van der Waals surface area contributed by atoms with Gasteiger partial charge in [-0.25, -0.2) is 9.67 Å². The minimum absolute atomic E-state index is 0.136. The van der Waals surface area contributed by atoms with Gasteiger partial charge in [-0.05, 0) is 34.0 Å². The maximum atomic E-state index is 12.2. The maximum Gasteiger partial charge on any atom is 0.236 e. The van der Waals surface area contributed by atoms with Crippen molar-refractivity contribution in [1.82, 2.24) is 25.2 Å². The van der Waals surface area contributed by atoms with E-state index in [1.165, 1.54) is 23.1 Å². The van der Waals surface area contributed by atoms with Gasteiger partial charge >= 0.3 is 0 Å². The molecule has 0 radical (unpaired) electrons. The quantitative estimate of drug-likeness (QED) is 0.556. The van der Waals surface area contributed by atoms with Crippen molar-refractivity contribution in [3.05, 3.63) is 45.9 Å². The molecule has 0 saturated heterocycles. The summed E-state index contributed by atoms with van der Waals surface area (Å²) in [6, 6.07) is 7.71. The van der Waals surface area contributed by atoms with Crippen molar-refractivity contribution in [2.45, 2.75) is 32.0 Å². The second-order valence-corrected chi connectivity index (χ2v) is 8.81. The first-order valence-corrected chi connectivity index (χ1v) is 10.6. The lowest BCUT2D eigenvalue weighted by atomic mass is 10.1. The number of thiazole rings is 1. The maximum absolute atomic E-state index is 12.2. The van der Waals surface area contributed by atoms with Crippen LogP contribution in [0.15, 0.2) is 35.6 Å². The number of carbonyl (C=O) groups is 1. The topological polar surface area (TPSA) is 85.6 Å². The molecule has 1 aromatic carbocycles. The number of benzene rings is 1. The van der Waals surface area contributed by atoms with E-state index in [4.69, 9.17) is 11.6 Å². The number of hydrogen-bond acceptors (Lipinski definition) is 7. The third-order valence-corrected chi connectivity index (χ3v) is 5.54. The zero-order valence-corrected chi connectivity index (χ0v) is 17.3. The number of nitrogens with one attached hydrogen (secondary N) is 1. The van der Waals surface area contributed by atoms with Gasteiger partial charge in [0.1, 0.15) is 0 Å². The molecule has 0 fully saturated rings. The van der Waals surface area contributed by atoms with E-state index in [9.17, 15) is 4.79 Å². The number of amides is 1. The fourth-order valence-electron chi connectivity index (χ4n) is 2.34. The molecule has 0 atom stereocenters. The van der Waals surface area contributed by atoms with Crippen LogP contribution in [0.2, 0.25) is 5.02 Å². The van der Waals surface area contributed by atoms with Crippen LogP contribution in [0.25, 0.3) is 0 Å². The van der Waals surface area contributed by atoms with Gasteiger partial charge in [0.2, 0.25) is 11.1 Å². The highest BCUT2D eigenvalue weighted by atomic mass is 35.5. The standard InChI is InChI=1S/C17H19ClN6OS2/c1-11(2)9-24-17(21-22-23-24)26-10-15(25)20-16-19-8-14(27-16)7-12-4-3-5-13(18)6-12/h3-6,8,11H,7,9-10H2,1-2H3,(H,19,20,25). The number of nitrogens with zero attached hydrogens (tertiary/aromatic N) is 5. The Labute approximate surface area is 170 Å². The lowest BCUT2D eigenvalue weighted by Crippen LogP contribution is -2.15. The number of aromatic nitrogens is 5. The fourth-order valence-corrected chi connectivity index (χ4v) is 4.10. The van der Waals surface area contributed by atoms with Crippen LogP contribution in [0, 0.1) is 5.92 Å². The minimum atomic E-state index is -0.136. The zero-order chi connectivity index (χ0) is 19.2. The minimum Gasteiger partial charge on any atom is -0.301 e. The summed E-state index contributed by atoms with van der Waals surface area (Å²) < 4.78 is 1.72. The number of tetrazole rings is 1. The molecule has 7 nitrogen and oxygen atoms in total. The number of hydrogen-bond donors (Lipinski definition) is 1. The van der Waals surface area contributed by atoms with Gasteiger partial charge in [0.25, 0.3) is 0 Å². The summed E-state index contributed by atoms with van der Waals surface area (Å²) in [6.07, 6.45) is 2.50. The monoisotopic (exact) mass is 422 g/mol. The summed E-state index contributed by atoms with van der Waals surface area (Å²) in [5.74, 6) is 0.513. The lowest BCUT2D eigenvalue weighted by molar-refractivity contribution is -0.113. The summed E-state index contributed by atoms with van der Waals surface area (Å²) >= 11 is 8.78. The highest BCUT2D eigenvalue weighted by Gasteiger charge is 2.12. The Morgan fingerprint density at radius 3 is 3.04 bits per heavy atom. The first-order valence-electron chi connectivity index (χ1n) is 8.37. The summed E-state index contributed by atoms with van der Waals surface area (Å²) in [6.45, 7) is 4.90. The van der Waals surface area contributed by atoms with E-state index in [-0.39, 0.29) is 11.7 Å². The van der Waals surface area contributed by atoms with Gasteiger partial charge in [0.05, 0.1) is 5.75 Å². The highest BCUT2D eigenvalue weighted by Crippen LogP contribution is 2.23. The van der Waals surface area contributed by atoms with Gasteiger partial charge in [-0.2, -0.15) is 0 Å². The van der Waals surface area contributed by atoms with E-state index in [0.717, 1.165) is 23.4 Å². The van der Waals surface area contributed by atoms with Crippen LogP contribution in [0.5, 0.6) is 0 Å². The van der Waals surface area contributed by atoms with Gasteiger partial charge in [0, 0.05) is 29.1 Å². The molecule has 2 aromatic heterocycles. The highest BCUT2D eigenvalue weighted by molar-refractivity contribution is 7.99. The predicted molar refractivity (Wildman–Crippen MR) is 108 cm³/mol. The summed E-state index contributed by atoms with van der Waals surface area (Å²) in [7, 11) is 0. The molecule has 0 bridgehead atoms. The van der Waals surface area contributed by atoms with Crippen molar-refractivity contribution in [3.63, 3.8) is 0 Å². The van der Waals surface area contributed by atoms with E-state index < -0.39 is 0 Å². The van der Waals surface area contributed by atoms with Gasteiger partial charge in [0.15, 0.2) is 5.13 Å². The van der Waals surface area contributed by atoms with E-state index >= 15 is 0 Å². The molecular formula is C17H19ClN6OS2. The molecule has 0 spiro atoms. The Hall–Kier alpha value is -1.97. The van der Waals surface area contributed by atoms with Gasteiger partial charge in [-0.3, -0.25) is 4.79 Å². The number of anilines is 1. The first-order chi connectivity index (χ1) is 13.0. The van der Waals surface area contributed by atoms with Crippen LogP contribution < -0.4 is 5.32 Å². The molecule has 0 aliphatic rings. The molecule has 27 heavy (non-hydrogen) atoms. The second-order valence-electron chi connectivity index (χ2n) is 6.31. The van der Waals surface area contributed by atoms with Crippen molar-refractivity contribution in [3.8, 4) is 0 Å². The summed E-state index contributed by atoms with van der Waals surface area (Å²) in [5, 5.41) is 16.4. The normalized spacial score (nSPS) is 11.1. The van der Waals surface area contributed by atoms with Crippen LogP contribution in [-0.2, 0) is 17.8 Å². The van der Waals surface area contributed by atoms with Crippen LogP contribution in [0.3, 0.4) is 0 Å². The molecule has 142 valence electrons. The number of halogens is 1. The molecule has 3 aromatic rings. The third-order valence-electron chi connectivity index (χ3n) is 3.44. The molecule has 0 aliphatic heterocycles. The van der Waals surface area contributed by atoms with E-state index in [1.54, 1.807) is 10.9 Å². The van der Waals surface area contributed by atoms with Gasteiger partial charge in [-0.1, -0.05) is 49.3 Å². The molecule has 1 amide bonds. The van der Waals surface area contributed by atoms with Crippen molar-refractivity contribution in [2.24, 2.45) is 5.92 Å². The van der Waals surface area contributed by atoms with Crippen molar-refractivity contribution < 1.29 is 4.79 Å². The molecule has 3 rings (SSSR count). The summed E-state index contributed by atoms with van der Waals surface area (Å²) in [4.78, 5) is 17.5. The Kier molecular flexibility index (Phi) is 6.81. The van der Waals surface area contributed by atoms with Gasteiger partial charge in [-0.15, -0.1) is 16.4 Å². The van der Waals surface area contributed by atoms with Crippen LogP contribution in [0.4, 0.5) is 5.13 Å². The molecule has 10 heteroatoms. The van der Waals surface area contributed by atoms with Crippen molar-refractivity contribution in [2.75, 3.05) is 11.1 Å². The van der Waals surface area contributed by atoms with Crippen molar-refractivity contribution in [1.29, 1.82) is 0 Å². The largest absolute Gasteiger partial charge is 0.301 e. The molecule has 0 saturated carbocycles. The zero-order valence-electron chi connectivity index (χ0n) is 14.9. The Morgan fingerprint density at radius 1 is 1.41 bits per heavy atom. The van der Waals surface area contributed by atoms with E-state index in [0.29, 0.717) is 21.2 Å². The molecule has 2 heterocycles. The van der Waals surface area contributed by atoms with Crippen LogP contribution >= 0.6 is 34.7 Å². The second kappa shape index (κ2) is 9.29. The first kappa shape index (κ1) is 19.8. The summed E-state index contributed by atoms with van der Waals surface area (Å²) in [5.41, 5.74) is 1.11. The number of carbonyl (C=O) groups excluding carboxylic acids is 1. The van der Waals surface area contributed by atoms with Gasteiger partial charge < -0.3 is 5.32 Å². The number of thioether (sulfide) groups is 1. The smallest absolute Gasteiger partial charge is 0.236 e. The third kappa shape index (κ3) is 6.02. The van der Waals surface area contributed by atoms with E-state index in [1.807, 2.05) is 24.3 Å². The number of rotatable bonds is 8. The fraction of sp³-hybridized carbons (Fsp3) is 0.353.